The second-order valence-corrected chi connectivity index (χ2v) is 5.32. The fourth-order valence-corrected chi connectivity index (χ4v) is 2.46. The first-order valence-electron chi connectivity index (χ1n) is 7.32. The van der Waals surface area contributed by atoms with Gasteiger partial charge in [0, 0.05) is 30.5 Å². The third kappa shape index (κ3) is 2.47. The topological polar surface area (TPSA) is 64.7 Å². The molecule has 0 bridgehead atoms. The van der Waals surface area contributed by atoms with Gasteiger partial charge in [-0.15, -0.1) is 5.10 Å². The first-order valence-corrected chi connectivity index (χ1v) is 7.32. The van der Waals surface area contributed by atoms with Gasteiger partial charge in [-0.1, -0.05) is 5.21 Å². The van der Waals surface area contributed by atoms with Crippen molar-refractivity contribution in [3.8, 4) is 0 Å². The summed E-state index contributed by atoms with van der Waals surface area (Å²) in [4.78, 5) is 12.3. The Labute approximate surface area is 128 Å². The maximum absolute atomic E-state index is 12.3. The minimum Gasteiger partial charge on any atom is -0.350 e. The highest BCUT2D eigenvalue weighted by Crippen LogP contribution is 2.14. The van der Waals surface area contributed by atoms with Gasteiger partial charge in [0.15, 0.2) is 0 Å². The van der Waals surface area contributed by atoms with E-state index in [1.807, 2.05) is 49.8 Å². The Balaban J connectivity index is 1.76. The van der Waals surface area contributed by atoms with Gasteiger partial charge >= 0.3 is 0 Å². The second kappa shape index (κ2) is 5.63. The molecule has 0 aliphatic rings. The molecule has 1 N–H and O–H groups in total. The molecule has 3 aromatic rings. The Hall–Kier alpha value is -2.63. The Morgan fingerprint density at radius 2 is 2.09 bits per heavy atom. The normalized spacial score (nSPS) is 11.0. The van der Waals surface area contributed by atoms with Crippen LogP contribution in [0.2, 0.25) is 0 Å². The Bertz CT molecular complexity index is 830. The fourth-order valence-electron chi connectivity index (χ4n) is 2.46. The van der Waals surface area contributed by atoms with Crippen molar-refractivity contribution in [2.75, 3.05) is 0 Å². The van der Waals surface area contributed by atoms with E-state index in [0.29, 0.717) is 12.1 Å². The van der Waals surface area contributed by atoms with E-state index < -0.39 is 0 Å². The highest BCUT2D eigenvalue weighted by atomic mass is 16.1. The first-order chi connectivity index (χ1) is 10.6. The number of nitrogens with zero attached hydrogens (tertiary/aromatic N) is 4. The van der Waals surface area contributed by atoms with E-state index in [9.17, 15) is 4.79 Å². The van der Waals surface area contributed by atoms with Gasteiger partial charge in [-0.05, 0) is 44.2 Å². The molecule has 3 rings (SSSR count). The molecule has 0 aliphatic heterocycles. The van der Waals surface area contributed by atoms with E-state index in [2.05, 4.69) is 20.2 Å². The van der Waals surface area contributed by atoms with Gasteiger partial charge < -0.3 is 9.88 Å². The summed E-state index contributed by atoms with van der Waals surface area (Å²) >= 11 is 0. The fraction of sp³-hybridized carbons (Fsp3) is 0.312. The Kier molecular flexibility index (Phi) is 3.66. The molecule has 114 valence electrons. The number of amides is 1. The van der Waals surface area contributed by atoms with Crippen LogP contribution in [0.15, 0.2) is 30.3 Å². The number of carbonyl (C=O) groups is 1. The zero-order chi connectivity index (χ0) is 15.7. The van der Waals surface area contributed by atoms with E-state index in [4.69, 9.17) is 0 Å². The molecule has 0 saturated heterocycles. The van der Waals surface area contributed by atoms with E-state index in [1.54, 1.807) is 6.07 Å². The lowest BCUT2D eigenvalue weighted by Crippen LogP contribution is -2.24. The largest absolute Gasteiger partial charge is 0.350 e. The molecule has 0 atom stereocenters. The van der Waals surface area contributed by atoms with Crippen LogP contribution in [0.5, 0.6) is 0 Å². The van der Waals surface area contributed by atoms with Crippen molar-refractivity contribution in [3.63, 3.8) is 0 Å². The number of rotatable bonds is 4. The molecule has 1 amide bonds. The lowest BCUT2D eigenvalue weighted by atomic mass is 10.2. The number of fused-ring (bicyclic) bond motifs is 1. The second-order valence-electron chi connectivity index (χ2n) is 5.32. The minimum atomic E-state index is -0.105. The van der Waals surface area contributed by atoms with E-state index in [0.717, 1.165) is 23.3 Å². The average molecular weight is 297 g/mol. The number of aromatic nitrogens is 4. The SMILES string of the molecule is CCn1nnc2cc(C(=O)NCc3ccc(C)n3C)ccc21. The van der Waals surface area contributed by atoms with Gasteiger partial charge in [0.2, 0.25) is 0 Å². The zero-order valence-corrected chi connectivity index (χ0v) is 13.0. The molecule has 0 aliphatic carbocycles. The summed E-state index contributed by atoms with van der Waals surface area (Å²) in [6.07, 6.45) is 0. The van der Waals surface area contributed by atoms with Gasteiger partial charge in [-0.25, -0.2) is 4.68 Å². The van der Waals surface area contributed by atoms with Crippen molar-refractivity contribution < 1.29 is 4.79 Å². The molecule has 2 aromatic heterocycles. The van der Waals surface area contributed by atoms with Crippen molar-refractivity contribution in [2.45, 2.75) is 26.9 Å². The molecular weight excluding hydrogens is 278 g/mol. The number of hydrogen-bond acceptors (Lipinski definition) is 3. The molecule has 0 radical (unpaired) electrons. The van der Waals surface area contributed by atoms with Crippen LogP contribution < -0.4 is 5.32 Å². The molecule has 0 unspecified atom stereocenters. The smallest absolute Gasteiger partial charge is 0.251 e. The highest BCUT2D eigenvalue weighted by Gasteiger charge is 2.10. The van der Waals surface area contributed by atoms with Crippen molar-refractivity contribution >= 4 is 16.9 Å². The summed E-state index contributed by atoms with van der Waals surface area (Å²) in [6, 6.07) is 9.53. The van der Waals surface area contributed by atoms with Crippen LogP contribution in [0.25, 0.3) is 11.0 Å². The van der Waals surface area contributed by atoms with Gasteiger partial charge in [-0.3, -0.25) is 4.79 Å². The number of benzene rings is 1. The van der Waals surface area contributed by atoms with Gasteiger partial charge in [-0.2, -0.15) is 0 Å². The van der Waals surface area contributed by atoms with Crippen LogP contribution in [0.3, 0.4) is 0 Å². The zero-order valence-electron chi connectivity index (χ0n) is 13.0. The Morgan fingerprint density at radius 3 is 2.77 bits per heavy atom. The number of carbonyl (C=O) groups excluding carboxylic acids is 1. The van der Waals surface area contributed by atoms with Crippen molar-refractivity contribution in [1.82, 2.24) is 24.9 Å². The molecule has 0 fully saturated rings. The van der Waals surface area contributed by atoms with Crippen LogP contribution in [0.4, 0.5) is 0 Å². The lowest BCUT2D eigenvalue weighted by Gasteiger charge is -2.07. The van der Waals surface area contributed by atoms with Crippen LogP contribution in [-0.2, 0) is 20.1 Å². The molecule has 6 nitrogen and oxygen atoms in total. The number of hydrogen-bond donors (Lipinski definition) is 1. The molecule has 22 heavy (non-hydrogen) atoms. The van der Waals surface area contributed by atoms with E-state index >= 15 is 0 Å². The van der Waals surface area contributed by atoms with Gasteiger partial charge in [0.1, 0.15) is 5.52 Å². The number of nitrogens with one attached hydrogen (secondary N) is 1. The highest BCUT2D eigenvalue weighted by molar-refractivity contribution is 5.97. The van der Waals surface area contributed by atoms with Crippen LogP contribution in [-0.4, -0.2) is 25.5 Å². The molecule has 2 heterocycles. The minimum absolute atomic E-state index is 0.105. The van der Waals surface area contributed by atoms with Crippen LogP contribution in [0.1, 0.15) is 28.7 Å². The predicted octanol–water partition coefficient (Wildman–Crippen LogP) is 2.03. The number of aryl methyl sites for hydroxylation is 2. The van der Waals surface area contributed by atoms with Crippen LogP contribution in [0, 0.1) is 6.92 Å². The summed E-state index contributed by atoms with van der Waals surface area (Å²) < 4.78 is 3.88. The molecular formula is C16H19N5O. The standard InChI is InChI=1S/C16H19N5O/c1-4-21-15-8-6-12(9-14(15)18-19-21)16(22)17-10-13-7-5-11(2)20(13)3/h5-9H,4,10H2,1-3H3,(H,17,22). The van der Waals surface area contributed by atoms with Crippen molar-refractivity contribution in [1.29, 1.82) is 0 Å². The monoisotopic (exact) mass is 297 g/mol. The summed E-state index contributed by atoms with van der Waals surface area (Å²) in [5.74, 6) is -0.105. The van der Waals surface area contributed by atoms with Crippen LogP contribution >= 0.6 is 0 Å². The molecule has 0 spiro atoms. The van der Waals surface area contributed by atoms with E-state index in [-0.39, 0.29) is 5.91 Å². The summed E-state index contributed by atoms with van der Waals surface area (Å²) in [6.45, 7) is 5.31. The summed E-state index contributed by atoms with van der Waals surface area (Å²) in [5, 5.41) is 11.1. The van der Waals surface area contributed by atoms with Gasteiger partial charge in [0.05, 0.1) is 12.1 Å². The summed E-state index contributed by atoms with van der Waals surface area (Å²) in [7, 11) is 1.99. The molecule has 6 heteroatoms. The Morgan fingerprint density at radius 1 is 1.27 bits per heavy atom. The maximum atomic E-state index is 12.3. The average Bonchev–Trinajstić information content (AvgIpc) is 3.09. The molecule has 0 saturated carbocycles. The maximum Gasteiger partial charge on any atom is 0.251 e. The van der Waals surface area contributed by atoms with Gasteiger partial charge in [0.25, 0.3) is 5.91 Å². The van der Waals surface area contributed by atoms with Crippen molar-refractivity contribution in [2.24, 2.45) is 7.05 Å². The lowest BCUT2D eigenvalue weighted by molar-refractivity contribution is 0.0950. The third-order valence-corrected chi connectivity index (χ3v) is 3.98. The predicted molar refractivity (Wildman–Crippen MR) is 84.5 cm³/mol. The van der Waals surface area contributed by atoms with Crippen molar-refractivity contribution in [3.05, 3.63) is 47.3 Å². The quantitative estimate of drug-likeness (QED) is 0.801. The summed E-state index contributed by atoms with van der Waals surface area (Å²) in [5.41, 5.74) is 4.52. The third-order valence-electron chi connectivity index (χ3n) is 3.98. The first kappa shape index (κ1) is 14.3. The van der Waals surface area contributed by atoms with E-state index in [1.165, 1.54) is 5.69 Å². The molecule has 1 aromatic carbocycles.